The zero-order valence-corrected chi connectivity index (χ0v) is 11.9. The first-order chi connectivity index (χ1) is 10.2. The fourth-order valence-electron chi connectivity index (χ4n) is 2.19. The summed E-state index contributed by atoms with van der Waals surface area (Å²) in [6.07, 6.45) is 7.13. The molecular formula is C15H19N3O3. The summed E-state index contributed by atoms with van der Waals surface area (Å²) in [6.45, 7) is 3.83. The fraction of sp³-hybridized carbons (Fsp3) is 0.467. The van der Waals surface area contributed by atoms with Crippen molar-refractivity contribution in [2.45, 2.75) is 6.42 Å². The molecule has 1 aromatic heterocycles. The number of aliphatic carboxylic acids is 1. The van der Waals surface area contributed by atoms with E-state index in [1.807, 2.05) is 17.0 Å². The normalized spacial score (nSPS) is 14.5. The molecule has 0 atom stereocenters. The molecule has 6 nitrogen and oxygen atoms in total. The van der Waals surface area contributed by atoms with Gasteiger partial charge in [-0.2, -0.15) is 0 Å². The van der Waals surface area contributed by atoms with Crippen LogP contribution in [0.15, 0.2) is 18.3 Å². The number of pyridine rings is 1. The van der Waals surface area contributed by atoms with E-state index in [9.17, 15) is 4.79 Å². The Morgan fingerprint density at radius 1 is 1.48 bits per heavy atom. The standard InChI is InChI=1S/C15H19N3O3/c1-2-6-17(7-5-15(19)20)13-3-4-14(16-12-13)18-8-10-21-11-9-18/h1,3-4,12H,5-11H2,(H,19,20). The Bertz CT molecular complexity index is 504. The third-order valence-electron chi connectivity index (χ3n) is 3.31. The van der Waals surface area contributed by atoms with Crippen LogP contribution in [0.4, 0.5) is 11.5 Å². The van der Waals surface area contributed by atoms with Gasteiger partial charge < -0.3 is 19.6 Å². The second-order valence-electron chi connectivity index (χ2n) is 4.74. The van der Waals surface area contributed by atoms with Gasteiger partial charge in [-0.1, -0.05) is 5.92 Å². The van der Waals surface area contributed by atoms with Crippen LogP contribution >= 0.6 is 0 Å². The number of terminal acetylenes is 1. The average Bonchev–Trinajstić information content (AvgIpc) is 2.52. The largest absolute Gasteiger partial charge is 0.481 e. The molecule has 6 heteroatoms. The summed E-state index contributed by atoms with van der Waals surface area (Å²) in [5.74, 6) is 2.61. The number of anilines is 2. The third-order valence-corrected chi connectivity index (χ3v) is 3.31. The van der Waals surface area contributed by atoms with Crippen LogP contribution in [-0.4, -0.2) is 55.5 Å². The SMILES string of the molecule is C#CCN(CCC(=O)O)c1ccc(N2CCOCC2)nc1. The second-order valence-corrected chi connectivity index (χ2v) is 4.74. The number of rotatable bonds is 6. The first kappa shape index (κ1) is 15.1. The Labute approximate surface area is 124 Å². The first-order valence-electron chi connectivity index (χ1n) is 6.89. The van der Waals surface area contributed by atoms with Gasteiger partial charge in [-0.15, -0.1) is 6.42 Å². The summed E-state index contributed by atoms with van der Waals surface area (Å²) in [7, 11) is 0. The van der Waals surface area contributed by atoms with Crippen molar-refractivity contribution >= 4 is 17.5 Å². The Hall–Kier alpha value is -2.26. The number of carbonyl (C=O) groups is 1. The molecule has 0 bridgehead atoms. The van der Waals surface area contributed by atoms with Crippen LogP contribution in [0.2, 0.25) is 0 Å². The highest BCUT2D eigenvalue weighted by Crippen LogP contribution is 2.18. The molecule has 0 amide bonds. The van der Waals surface area contributed by atoms with E-state index in [0.29, 0.717) is 26.3 Å². The zero-order chi connectivity index (χ0) is 15.1. The van der Waals surface area contributed by atoms with Crippen molar-refractivity contribution < 1.29 is 14.6 Å². The molecule has 0 aliphatic carbocycles. The summed E-state index contributed by atoms with van der Waals surface area (Å²) < 4.78 is 5.31. The zero-order valence-electron chi connectivity index (χ0n) is 11.9. The van der Waals surface area contributed by atoms with Gasteiger partial charge in [0.2, 0.25) is 0 Å². The number of nitrogens with zero attached hydrogens (tertiary/aromatic N) is 3. The van der Waals surface area contributed by atoms with Crippen molar-refractivity contribution in [2.24, 2.45) is 0 Å². The second kappa shape index (κ2) is 7.50. The van der Waals surface area contributed by atoms with Crippen molar-refractivity contribution in [1.82, 2.24) is 4.98 Å². The summed E-state index contributed by atoms with van der Waals surface area (Å²) >= 11 is 0. The van der Waals surface area contributed by atoms with Crippen molar-refractivity contribution in [3.63, 3.8) is 0 Å². The van der Waals surface area contributed by atoms with Crippen LogP contribution in [0.3, 0.4) is 0 Å². The predicted molar refractivity (Wildman–Crippen MR) is 80.6 cm³/mol. The minimum absolute atomic E-state index is 0.0485. The first-order valence-corrected chi connectivity index (χ1v) is 6.89. The van der Waals surface area contributed by atoms with Gasteiger partial charge in [0.15, 0.2) is 0 Å². The van der Waals surface area contributed by atoms with Crippen molar-refractivity contribution in [3.05, 3.63) is 18.3 Å². The molecule has 1 aliphatic rings. The summed E-state index contributed by atoms with van der Waals surface area (Å²) in [5.41, 5.74) is 0.839. The smallest absolute Gasteiger partial charge is 0.305 e. The van der Waals surface area contributed by atoms with Crippen LogP contribution in [0.5, 0.6) is 0 Å². The van der Waals surface area contributed by atoms with Crippen LogP contribution in [-0.2, 0) is 9.53 Å². The Morgan fingerprint density at radius 3 is 2.81 bits per heavy atom. The van der Waals surface area contributed by atoms with Gasteiger partial charge in [-0.25, -0.2) is 4.98 Å². The van der Waals surface area contributed by atoms with E-state index in [2.05, 4.69) is 15.8 Å². The maximum absolute atomic E-state index is 10.7. The lowest BCUT2D eigenvalue weighted by Crippen LogP contribution is -2.36. The number of morpholine rings is 1. The minimum atomic E-state index is -0.838. The molecule has 112 valence electrons. The summed E-state index contributed by atoms with van der Waals surface area (Å²) in [6, 6.07) is 3.86. The van der Waals surface area contributed by atoms with E-state index in [1.54, 1.807) is 6.20 Å². The van der Waals surface area contributed by atoms with E-state index in [-0.39, 0.29) is 6.42 Å². The number of ether oxygens (including phenoxy) is 1. The molecule has 2 rings (SSSR count). The van der Waals surface area contributed by atoms with Crippen LogP contribution in [0.25, 0.3) is 0 Å². The van der Waals surface area contributed by atoms with Gasteiger partial charge in [0.1, 0.15) is 5.82 Å². The molecular weight excluding hydrogens is 270 g/mol. The van der Waals surface area contributed by atoms with E-state index >= 15 is 0 Å². The number of hydrogen-bond acceptors (Lipinski definition) is 5. The van der Waals surface area contributed by atoms with Gasteiger partial charge in [-0.05, 0) is 12.1 Å². The molecule has 0 spiro atoms. The topological polar surface area (TPSA) is 65.9 Å². The van der Waals surface area contributed by atoms with E-state index in [4.69, 9.17) is 16.3 Å². The third kappa shape index (κ3) is 4.36. The summed E-state index contributed by atoms with van der Waals surface area (Å²) in [5, 5.41) is 8.78. The Balaban J connectivity index is 2.04. The van der Waals surface area contributed by atoms with Crippen LogP contribution in [0, 0.1) is 12.3 Å². The maximum atomic E-state index is 10.7. The average molecular weight is 289 g/mol. The molecule has 2 heterocycles. The number of aromatic nitrogens is 1. The highest BCUT2D eigenvalue weighted by Gasteiger charge is 2.13. The highest BCUT2D eigenvalue weighted by atomic mass is 16.5. The molecule has 0 saturated carbocycles. The molecule has 0 radical (unpaired) electrons. The van der Waals surface area contributed by atoms with Gasteiger partial charge in [-0.3, -0.25) is 4.79 Å². The molecule has 1 aliphatic heterocycles. The van der Waals surface area contributed by atoms with Crippen molar-refractivity contribution in [3.8, 4) is 12.3 Å². The Morgan fingerprint density at radius 2 is 2.24 bits per heavy atom. The number of carboxylic acid groups (broad SMARTS) is 1. The quantitative estimate of drug-likeness (QED) is 0.783. The lowest BCUT2D eigenvalue weighted by Gasteiger charge is -2.28. The van der Waals surface area contributed by atoms with E-state index < -0.39 is 5.97 Å². The van der Waals surface area contributed by atoms with E-state index in [1.165, 1.54) is 0 Å². The molecule has 21 heavy (non-hydrogen) atoms. The molecule has 0 unspecified atom stereocenters. The highest BCUT2D eigenvalue weighted by molar-refractivity contribution is 5.67. The van der Waals surface area contributed by atoms with Gasteiger partial charge in [0, 0.05) is 19.6 Å². The van der Waals surface area contributed by atoms with Gasteiger partial charge >= 0.3 is 5.97 Å². The number of hydrogen-bond donors (Lipinski definition) is 1. The Kier molecular flexibility index (Phi) is 5.41. The molecule has 1 N–H and O–H groups in total. The van der Waals surface area contributed by atoms with Crippen LogP contribution < -0.4 is 9.80 Å². The monoisotopic (exact) mass is 289 g/mol. The lowest BCUT2D eigenvalue weighted by atomic mass is 10.3. The number of carboxylic acids is 1. The lowest BCUT2D eigenvalue weighted by molar-refractivity contribution is -0.136. The molecule has 1 saturated heterocycles. The van der Waals surface area contributed by atoms with Crippen molar-refractivity contribution in [1.29, 1.82) is 0 Å². The predicted octanol–water partition coefficient (Wildman–Crippen LogP) is 0.832. The molecule has 0 aromatic carbocycles. The minimum Gasteiger partial charge on any atom is -0.481 e. The van der Waals surface area contributed by atoms with Gasteiger partial charge in [0.05, 0.1) is 38.1 Å². The van der Waals surface area contributed by atoms with Crippen LogP contribution in [0.1, 0.15) is 6.42 Å². The summed E-state index contributed by atoms with van der Waals surface area (Å²) in [4.78, 5) is 19.1. The molecule has 1 aromatic rings. The fourth-order valence-corrected chi connectivity index (χ4v) is 2.19. The van der Waals surface area contributed by atoms with Crippen molar-refractivity contribution in [2.75, 3.05) is 49.2 Å². The molecule has 1 fully saturated rings. The van der Waals surface area contributed by atoms with E-state index in [0.717, 1.165) is 24.6 Å². The van der Waals surface area contributed by atoms with Gasteiger partial charge in [0.25, 0.3) is 0 Å². The maximum Gasteiger partial charge on any atom is 0.305 e.